The summed E-state index contributed by atoms with van der Waals surface area (Å²) in [5.41, 5.74) is 4.23. The molecule has 1 fully saturated rings. The molecule has 34 heavy (non-hydrogen) atoms. The van der Waals surface area contributed by atoms with Gasteiger partial charge in [-0.3, -0.25) is 4.79 Å². The van der Waals surface area contributed by atoms with E-state index < -0.39 is 0 Å². The number of rotatable bonds is 7. The van der Waals surface area contributed by atoms with Crippen LogP contribution < -0.4 is 9.80 Å². The normalized spacial score (nSPS) is 13.4. The number of aromatic nitrogens is 4. The van der Waals surface area contributed by atoms with Crippen molar-refractivity contribution in [3.8, 4) is 0 Å². The SMILES string of the molecule is Cc1ccc(N(Cc2cnc(N3CCCC3)s2)C(=O)c2nnn(Cc3ccccc3)c2C)cc1. The van der Waals surface area contributed by atoms with Gasteiger partial charge >= 0.3 is 0 Å². The monoisotopic (exact) mass is 472 g/mol. The molecule has 174 valence electrons. The lowest BCUT2D eigenvalue weighted by molar-refractivity contribution is 0.0980. The van der Waals surface area contributed by atoms with Crippen LogP contribution in [0.5, 0.6) is 0 Å². The fourth-order valence-corrected chi connectivity index (χ4v) is 5.13. The Hall–Kier alpha value is -3.52. The molecular formula is C26H28N6OS. The van der Waals surface area contributed by atoms with Gasteiger partial charge in [0.2, 0.25) is 0 Å². The van der Waals surface area contributed by atoms with Crippen LogP contribution in [0, 0.1) is 13.8 Å². The Morgan fingerprint density at radius 3 is 2.50 bits per heavy atom. The average Bonchev–Trinajstić information content (AvgIpc) is 3.61. The van der Waals surface area contributed by atoms with Crippen molar-refractivity contribution in [1.29, 1.82) is 0 Å². The van der Waals surface area contributed by atoms with Gasteiger partial charge in [0.1, 0.15) is 0 Å². The predicted octanol–water partition coefficient (Wildman–Crippen LogP) is 4.85. The number of benzene rings is 2. The van der Waals surface area contributed by atoms with E-state index in [9.17, 15) is 4.79 Å². The molecule has 7 nitrogen and oxygen atoms in total. The molecule has 5 rings (SSSR count). The molecule has 4 aromatic rings. The summed E-state index contributed by atoms with van der Waals surface area (Å²) in [7, 11) is 0. The highest BCUT2D eigenvalue weighted by atomic mass is 32.1. The van der Waals surface area contributed by atoms with Gasteiger partial charge in [-0.25, -0.2) is 9.67 Å². The van der Waals surface area contributed by atoms with Gasteiger partial charge < -0.3 is 9.80 Å². The van der Waals surface area contributed by atoms with Gasteiger partial charge in [0, 0.05) is 29.9 Å². The molecule has 1 aliphatic heterocycles. The molecule has 0 spiro atoms. The molecule has 0 radical (unpaired) electrons. The molecule has 1 amide bonds. The van der Waals surface area contributed by atoms with E-state index in [0.717, 1.165) is 45.6 Å². The van der Waals surface area contributed by atoms with E-state index >= 15 is 0 Å². The maximum Gasteiger partial charge on any atom is 0.281 e. The number of hydrogen-bond donors (Lipinski definition) is 0. The third-order valence-corrected chi connectivity index (χ3v) is 7.23. The van der Waals surface area contributed by atoms with Crippen LogP contribution in [0.4, 0.5) is 10.8 Å². The van der Waals surface area contributed by atoms with Crippen LogP contribution in [0.1, 0.15) is 45.0 Å². The molecule has 1 saturated heterocycles. The van der Waals surface area contributed by atoms with Crippen LogP contribution in [0.25, 0.3) is 0 Å². The van der Waals surface area contributed by atoms with E-state index in [2.05, 4.69) is 20.2 Å². The third kappa shape index (κ3) is 4.72. The highest BCUT2D eigenvalue weighted by molar-refractivity contribution is 7.15. The van der Waals surface area contributed by atoms with Crippen LogP contribution in [0.15, 0.2) is 60.8 Å². The van der Waals surface area contributed by atoms with Crippen molar-refractivity contribution in [3.05, 3.63) is 88.2 Å². The number of anilines is 2. The molecule has 0 atom stereocenters. The largest absolute Gasteiger partial charge is 0.348 e. The van der Waals surface area contributed by atoms with Gasteiger partial charge in [0.05, 0.1) is 18.8 Å². The summed E-state index contributed by atoms with van der Waals surface area (Å²) in [4.78, 5) is 23.6. The standard InChI is InChI=1S/C26H28N6OS/c1-19-10-12-22(13-11-19)31(18-23-16-27-26(34-23)30-14-6-7-15-30)25(33)24-20(2)32(29-28-24)17-21-8-4-3-5-9-21/h3-5,8-13,16H,6-7,14-15,17-18H2,1-2H3. The quantitative estimate of drug-likeness (QED) is 0.385. The molecule has 1 aliphatic rings. The number of hydrogen-bond acceptors (Lipinski definition) is 6. The van der Waals surface area contributed by atoms with Gasteiger partial charge in [-0.05, 0) is 44.4 Å². The minimum Gasteiger partial charge on any atom is -0.348 e. The van der Waals surface area contributed by atoms with E-state index in [4.69, 9.17) is 0 Å². The molecular weight excluding hydrogens is 444 g/mol. The van der Waals surface area contributed by atoms with E-state index in [1.54, 1.807) is 20.9 Å². The minimum atomic E-state index is -0.156. The average molecular weight is 473 g/mol. The lowest BCUT2D eigenvalue weighted by Crippen LogP contribution is -2.31. The predicted molar refractivity (Wildman–Crippen MR) is 136 cm³/mol. The summed E-state index contributed by atoms with van der Waals surface area (Å²) in [5, 5.41) is 9.61. The smallest absolute Gasteiger partial charge is 0.281 e. The van der Waals surface area contributed by atoms with Crippen molar-refractivity contribution < 1.29 is 4.79 Å². The van der Waals surface area contributed by atoms with E-state index in [-0.39, 0.29) is 5.91 Å². The van der Waals surface area contributed by atoms with Crippen LogP contribution in [-0.2, 0) is 13.1 Å². The van der Waals surface area contributed by atoms with Crippen molar-refractivity contribution in [1.82, 2.24) is 20.0 Å². The zero-order valence-electron chi connectivity index (χ0n) is 19.5. The fourth-order valence-electron chi connectivity index (χ4n) is 4.18. The Morgan fingerprint density at radius 1 is 1.03 bits per heavy atom. The summed E-state index contributed by atoms with van der Waals surface area (Å²) in [6, 6.07) is 18.1. The number of nitrogens with zero attached hydrogens (tertiary/aromatic N) is 6. The molecule has 2 aromatic heterocycles. The van der Waals surface area contributed by atoms with Crippen molar-refractivity contribution in [2.24, 2.45) is 0 Å². The zero-order valence-corrected chi connectivity index (χ0v) is 20.3. The summed E-state index contributed by atoms with van der Waals surface area (Å²) in [5.74, 6) is -0.156. The number of aryl methyl sites for hydroxylation is 1. The Balaban J connectivity index is 1.42. The summed E-state index contributed by atoms with van der Waals surface area (Å²) in [6.45, 7) is 7.07. The van der Waals surface area contributed by atoms with E-state index in [1.807, 2.05) is 74.6 Å². The zero-order chi connectivity index (χ0) is 23.5. The lowest BCUT2D eigenvalue weighted by atomic mass is 10.2. The lowest BCUT2D eigenvalue weighted by Gasteiger charge is -2.22. The highest BCUT2D eigenvalue weighted by Crippen LogP contribution is 2.29. The molecule has 0 saturated carbocycles. The Bertz CT molecular complexity index is 1260. The Morgan fingerprint density at radius 2 is 1.76 bits per heavy atom. The van der Waals surface area contributed by atoms with Gasteiger partial charge in [-0.1, -0.05) is 53.2 Å². The Labute approximate surface area is 203 Å². The second-order valence-electron chi connectivity index (χ2n) is 8.70. The summed E-state index contributed by atoms with van der Waals surface area (Å²) in [6.07, 6.45) is 4.31. The Kier molecular flexibility index (Phi) is 6.40. The van der Waals surface area contributed by atoms with Crippen molar-refractivity contribution >= 4 is 28.1 Å². The first-order valence-electron chi connectivity index (χ1n) is 11.6. The van der Waals surface area contributed by atoms with Crippen molar-refractivity contribution in [2.75, 3.05) is 22.9 Å². The second kappa shape index (κ2) is 9.77. The molecule has 0 bridgehead atoms. The van der Waals surface area contributed by atoms with Crippen LogP contribution >= 0.6 is 11.3 Å². The summed E-state index contributed by atoms with van der Waals surface area (Å²) < 4.78 is 1.79. The highest BCUT2D eigenvalue weighted by Gasteiger charge is 2.25. The second-order valence-corrected chi connectivity index (χ2v) is 9.79. The van der Waals surface area contributed by atoms with Crippen LogP contribution in [0.2, 0.25) is 0 Å². The molecule has 0 N–H and O–H groups in total. The van der Waals surface area contributed by atoms with E-state index in [1.165, 1.54) is 12.8 Å². The minimum absolute atomic E-state index is 0.156. The number of amides is 1. The van der Waals surface area contributed by atoms with Gasteiger partial charge in [-0.15, -0.1) is 16.4 Å². The van der Waals surface area contributed by atoms with Gasteiger partial charge in [-0.2, -0.15) is 0 Å². The maximum atomic E-state index is 13.8. The first-order valence-corrected chi connectivity index (χ1v) is 12.4. The first kappa shape index (κ1) is 22.3. The molecule has 3 heterocycles. The topological polar surface area (TPSA) is 67.2 Å². The van der Waals surface area contributed by atoms with Crippen LogP contribution in [0.3, 0.4) is 0 Å². The molecule has 0 unspecified atom stereocenters. The van der Waals surface area contributed by atoms with Gasteiger partial charge in [0.25, 0.3) is 5.91 Å². The number of carbonyl (C=O) groups excluding carboxylic acids is 1. The third-order valence-electron chi connectivity index (χ3n) is 6.18. The van der Waals surface area contributed by atoms with E-state index in [0.29, 0.717) is 18.8 Å². The first-order chi connectivity index (χ1) is 16.6. The summed E-state index contributed by atoms with van der Waals surface area (Å²) >= 11 is 1.66. The van der Waals surface area contributed by atoms with Crippen LogP contribution in [-0.4, -0.2) is 39.0 Å². The van der Waals surface area contributed by atoms with Crippen molar-refractivity contribution in [2.45, 2.75) is 39.8 Å². The maximum absolute atomic E-state index is 13.8. The number of thiazole rings is 1. The van der Waals surface area contributed by atoms with Crippen molar-refractivity contribution in [3.63, 3.8) is 0 Å². The molecule has 0 aliphatic carbocycles. The van der Waals surface area contributed by atoms with Gasteiger partial charge in [0.15, 0.2) is 10.8 Å². The molecule has 2 aromatic carbocycles. The molecule has 8 heteroatoms. The fraction of sp³-hybridized carbons (Fsp3) is 0.308. The number of carbonyl (C=O) groups is 1.